The Kier molecular flexibility index (Phi) is 6.60. The van der Waals surface area contributed by atoms with E-state index in [-0.39, 0.29) is 10.9 Å². The van der Waals surface area contributed by atoms with E-state index >= 15 is 0 Å². The summed E-state index contributed by atoms with van der Waals surface area (Å²) in [5.41, 5.74) is 0. The fourth-order valence-electron chi connectivity index (χ4n) is 1.68. The summed E-state index contributed by atoms with van der Waals surface area (Å²) in [7, 11) is 2.29. The van der Waals surface area contributed by atoms with Crippen LogP contribution < -0.4 is 10.0 Å². The van der Waals surface area contributed by atoms with Gasteiger partial charge in [-0.2, -0.15) is 5.10 Å². The van der Waals surface area contributed by atoms with Gasteiger partial charge in [-0.25, -0.2) is 13.1 Å². The van der Waals surface area contributed by atoms with Gasteiger partial charge in [-0.05, 0) is 41.0 Å². The number of rotatable bonds is 9. The molecule has 20 heavy (non-hydrogen) atoms. The van der Waals surface area contributed by atoms with Crippen LogP contribution in [-0.2, 0) is 16.6 Å². The Hall–Kier alpha value is -0.960. The van der Waals surface area contributed by atoms with Crippen molar-refractivity contribution >= 4 is 10.0 Å². The monoisotopic (exact) mass is 303 g/mol. The first-order valence-corrected chi connectivity index (χ1v) is 8.17. The Balaban J connectivity index is 2.61. The predicted octanol–water partition coefficient (Wildman–Crippen LogP) is -0.279. The highest BCUT2D eigenvalue weighted by atomic mass is 32.2. The zero-order valence-corrected chi connectivity index (χ0v) is 13.4. The van der Waals surface area contributed by atoms with Crippen LogP contribution in [0.2, 0.25) is 0 Å². The molecule has 1 aromatic heterocycles. The Morgan fingerprint density at radius 2 is 2.15 bits per heavy atom. The van der Waals surface area contributed by atoms with E-state index < -0.39 is 10.0 Å². The van der Waals surface area contributed by atoms with E-state index in [0.717, 1.165) is 19.5 Å². The molecule has 0 aromatic carbocycles. The van der Waals surface area contributed by atoms with Crippen molar-refractivity contribution in [2.24, 2.45) is 0 Å². The van der Waals surface area contributed by atoms with Gasteiger partial charge in [0.25, 0.3) is 0 Å². The van der Waals surface area contributed by atoms with E-state index in [9.17, 15) is 8.42 Å². The molecule has 1 atom stereocenters. The van der Waals surface area contributed by atoms with E-state index in [4.69, 9.17) is 0 Å². The minimum atomic E-state index is -3.48. The lowest BCUT2D eigenvalue weighted by Crippen LogP contribution is -2.34. The van der Waals surface area contributed by atoms with E-state index in [0.29, 0.717) is 6.54 Å². The molecule has 2 N–H and O–H groups in total. The van der Waals surface area contributed by atoms with Crippen LogP contribution in [0.4, 0.5) is 0 Å². The van der Waals surface area contributed by atoms with Crippen molar-refractivity contribution in [2.45, 2.75) is 30.8 Å². The third-order valence-electron chi connectivity index (χ3n) is 2.88. The minimum Gasteiger partial charge on any atom is -0.318 e. The highest BCUT2D eigenvalue weighted by Gasteiger charge is 2.19. The molecular formula is C12H25N5O2S. The van der Waals surface area contributed by atoms with Crippen LogP contribution in [0, 0.1) is 0 Å². The van der Waals surface area contributed by atoms with Crippen molar-refractivity contribution in [1.29, 1.82) is 0 Å². The molecule has 0 saturated carbocycles. The van der Waals surface area contributed by atoms with Gasteiger partial charge in [0.05, 0.1) is 12.7 Å². The second-order valence-electron chi connectivity index (χ2n) is 5.16. The Bertz CT molecular complexity index is 498. The third kappa shape index (κ3) is 5.58. The summed E-state index contributed by atoms with van der Waals surface area (Å²) in [6, 6.07) is -0.108. The molecule has 0 bridgehead atoms. The summed E-state index contributed by atoms with van der Waals surface area (Å²) in [6.07, 6.45) is 3.70. The lowest BCUT2D eigenvalue weighted by molar-refractivity contribution is 0.379. The van der Waals surface area contributed by atoms with E-state index in [2.05, 4.69) is 15.1 Å². The first-order valence-electron chi connectivity index (χ1n) is 6.69. The Morgan fingerprint density at radius 3 is 2.75 bits per heavy atom. The molecule has 0 aliphatic rings. The second kappa shape index (κ2) is 7.72. The van der Waals surface area contributed by atoms with Gasteiger partial charge in [0.2, 0.25) is 10.0 Å². The lowest BCUT2D eigenvalue weighted by Gasteiger charge is -2.16. The van der Waals surface area contributed by atoms with Crippen molar-refractivity contribution in [1.82, 2.24) is 24.7 Å². The highest BCUT2D eigenvalue weighted by Crippen LogP contribution is 2.08. The topological polar surface area (TPSA) is 79.3 Å². The van der Waals surface area contributed by atoms with Gasteiger partial charge in [-0.3, -0.25) is 4.68 Å². The zero-order chi connectivity index (χ0) is 15.2. The molecule has 0 spiro atoms. The number of sulfonamides is 1. The molecule has 1 unspecified atom stereocenters. The largest absolute Gasteiger partial charge is 0.318 e. The quantitative estimate of drug-likeness (QED) is 0.656. The molecule has 1 rings (SSSR count). The summed E-state index contributed by atoms with van der Waals surface area (Å²) in [5, 5.41) is 7.04. The van der Waals surface area contributed by atoms with Gasteiger partial charge in [0, 0.05) is 18.8 Å². The van der Waals surface area contributed by atoms with Crippen LogP contribution in [0.5, 0.6) is 0 Å². The molecule has 116 valence electrons. The maximum Gasteiger partial charge on any atom is 0.243 e. The van der Waals surface area contributed by atoms with Crippen molar-refractivity contribution in [3.8, 4) is 0 Å². The van der Waals surface area contributed by atoms with E-state index in [1.54, 1.807) is 10.9 Å². The molecule has 0 fully saturated rings. The minimum absolute atomic E-state index is 0.108. The number of nitrogens with one attached hydrogen (secondary N) is 2. The van der Waals surface area contributed by atoms with Gasteiger partial charge in [-0.1, -0.05) is 0 Å². The summed E-state index contributed by atoms with van der Waals surface area (Å²) in [4.78, 5) is 2.24. The number of hydrogen-bond donors (Lipinski definition) is 2. The smallest absolute Gasteiger partial charge is 0.243 e. The predicted molar refractivity (Wildman–Crippen MR) is 79.1 cm³/mol. The summed E-state index contributed by atoms with van der Waals surface area (Å²) < 4.78 is 28.7. The van der Waals surface area contributed by atoms with Crippen LogP contribution in [0.25, 0.3) is 0 Å². The summed E-state index contributed by atoms with van der Waals surface area (Å²) in [5.74, 6) is 0. The molecular weight excluding hydrogens is 278 g/mol. The maximum absolute atomic E-state index is 12.2. The molecule has 0 amide bonds. The number of hydrogen-bond acceptors (Lipinski definition) is 5. The van der Waals surface area contributed by atoms with E-state index in [1.165, 1.54) is 6.20 Å². The number of nitrogens with zero attached hydrogens (tertiary/aromatic N) is 3. The fourth-order valence-corrected chi connectivity index (χ4v) is 2.91. The molecule has 8 heteroatoms. The van der Waals surface area contributed by atoms with Gasteiger partial charge in [0.1, 0.15) is 4.90 Å². The van der Waals surface area contributed by atoms with Crippen LogP contribution in [0.3, 0.4) is 0 Å². The number of likely N-dealkylation sites (N-methyl/N-ethyl adjacent to an activating group) is 1. The van der Waals surface area contributed by atoms with Crippen LogP contribution >= 0.6 is 0 Å². The van der Waals surface area contributed by atoms with Gasteiger partial charge in [-0.15, -0.1) is 0 Å². The Labute approximate surface area is 121 Å². The van der Waals surface area contributed by atoms with Crippen molar-refractivity contribution < 1.29 is 8.42 Å². The molecule has 1 heterocycles. The van der Waals surface area contributed by atoms with Gasteiger partial charge in [0.15, 0.2) is 0 Å². The molecule has 7 nitrogen and oxygen atoms in total. The lowest BCUT2D eigenvalue weighted by atomic mass is 10.2. The zero-order valence-electron chi connectivity index (χ0n) is 12.6. The van der Waals surface area contributed by atoms with Crippen molar-refractivity contribution in [2.75, 3.05) is 34.2 Å². The first-order chi connectivity index (χ1) is 9.35. The molecule has 0 aliphatic carbocycles. The molecule has 0 aliphatic heterocycles. The fraction of sp³-hybridized carbons (Fsp3) is 0.750. The molecule has 0 radical (unpaired) electrons. The van der Waals surface area contributed by atoms with E-state index in [1.807, 2.05) is 33.0 Å². The second-order valence-corrected chi connectivity index (χ2v) is 6.87. The Morgan fingerprint density at radius 1 is 1.45 bits per heavy atom. The third-order valence-corrected chi connectivity index (χ3v) is 4.42. The van der Waals surface area contributed by atoms with Crippen LogP contribution in [-0.4, -0.2) is 63.4 Å². The maximum atomic E-state index is 12.2. The molecule has 0 saturated heterocycles. The van der Waals surface area contributed by atoms with Crippen LogP contribution in [0.1, 0.15) is 13.3 Å². The highest BCUT2D eigenvalue weighted by molar-refractivity contribution is 7.89. The van der Waals surface area contributed by atoms with Gasteiger partial charge >= 0.3 is 0 Å². The first kappa shape index (κ1) is 17.1. The van der Waals surface area contributed by atoms with Crippen LogP contribution in [0.15, 0.2) is 17.3 Å². The van der Waals surface area contributed by atoms with Crippen molar-refractivity contribution in [3.05, 3.63) is 12.4 Å². The normalized spacial score (nSPS) is 13.8. The summed E-state index contributed by atoms with van der Waals surface area (Å²) >= 11 is 0. The standard InChI is InChI=1S/C12H25N5O2S/c1-11(5-7-16(3)4)15-20(18,19)12-9-14-17(10-12)8-6-13-2/h9-11,13,15H,5-8H2,1-4H3. The summed E-state index contributed by atoms with van der Waals surface area (Å²) in [6.45, 7) is 4.09. The van der Waals surface area contributed by atoms with Crippen molar-refractivity contribution in [3.63, 3.8) is 0 Å². The number of aromatic nitrogens is 2. The average Bonchev–Trinajstić information content (AvgIpc) is 2.83. The molecule has 1 aromatic rings. The van der Waals surface area contributed by atoms with Gasteiger partial charge < -0.3 is 10.2 Å². The average molecular weight is 303 g/mol. The SMILES string of the molecule is CNCCn1cc(S(=O)(=O)NC(C)CCN(C)C)cn1.